The van der Waals surface area contributed by atoms with Crippen LogP contribution in [0.1, 0.15) is 36.0 Å². The van der Waals surface area contributed by atoms with Crippen molar-refractivity contribution in [2.45, 2.75) is 25.7 Å². The van der Waals surface area contributed by atoms with Crippen LogP contribution in [-0.2, 0) is 9.59 Å². The molecule has 9 nitrogen and oxygen atoms in total. The Bertz CT molecular complexity index is 675. The maximum atomic E-state index is 12.1. The average Bonchev–Trinajstić information content (AvgIpc) is 2.59. The van der Waals surface area contributed by atoms with E-state index >= 15 is 0 Å². The zero-order chi connectivity index (χ0) is 17.7. The molecule has 1 aromatic carbocycles. The molecular formula is C15H17N3O6. The molecule has 3 N–H and O–H groups in total. The van der Waals surface area contributed by atoms with Crippen LogP contribution in [0.25, 0.3) is 0 Å². The summed E-state index contributed by atoms with van der Waals surface area (Å²) >= 11 is 0. The molecule has 1 aromatic rings. The third-order valence-corrected chi connectivity index (χ3v) is 4.04. The Morgan fingerprint density at radius 1 is 1.12 bits per heavy atom. The van der Waals surface area contributed by atoms with Crippen LogP contribution in [0.15, 0.2) is 24.3 Å². The summed E-state index contributed by atoms with van der Waals surface area (Å²) in [6, 6.07) is 5.06. The van der Waals surface area contributed by atoms with Crippen LogP contribution in [-0.4, -0.2) is 27.8 Å². The third-order valence-electron chi connectivity index (χ3n) is 4.04. The van der Waals surface area contributed by atoms with Crippen molar-refractivity contribution in [1.82, 2.24) is 10.9 Å². The first-order valence-electron chi connectivity index (χ1n) is 7.47. The fourth-order valence-electron chi connectivity index (χ4n) is 2.78. The summed E-state index contributed by atoms with van der Waals surface area (Å²) in [6.45, 7) is 0. The van der Waals surface area contributed by atoms with Crippen molar-refractivity contribution in [3.05, 3.63) is 39.9 Å². The minimum absolute atomic E-state index is 0.0166. The van der Waals surface area contributed by atoms with E-state index in [0.717, 1.165) is 18.9 Å². The summed E-state index contributed by atoms with van der Waals surface area (Å²) in [6.07, 6.45) is 2.36. The largest absolute Gasteiger partial charge is 0.481 e. The summed E-state index contributed by atoms with van der Waals surface area (Å²) in [5.41, 5.74) is 4.15. The molecule has 2 atom stereocenters. The number of amides is 2. The third kappa shape index (κ3) is 4.06. The molecule has 9 heteroatoms. The lowest BCUT2D eigenvalue weighted by atomic mass is 9.79. The number of nitro groups is 1. The Morgan fingerprint density at radius 3 is 2.42 bits per heavy atom. The number of hydrazine groups is 1. The van der Waals surface area contributed by atoms with Crippen LogP contribution in [0.2, 0.25) is 0 Å². The molecule has 0 spiro atoms. The number of benzene rings is 1. The molecule has 1 aliphatic rings. The molecule has 0 radical (unpaired) electrons. The topological polar surface area (TPSA) is 139 Å². The van der Waals surface area contributed by atoms with Crippen LogP contribution in [0.4, 0.5) is 5.69 Å². The first kappa shape index (κ1) is 17.4. The van der Waals surface area contributed by atoms with Crippen molar-refractivity contribution >= 4 is 23.5 Å². The number of carbonyl (C=O) groups is 3. The summed E-state index contributed by atoms with van der Waals surface area (Å²) < 4.78 is 0. The molecule has 128 valence electrons. The van der Waals surface area contributed by atoms with Crippen molar-refractivity contribution in [2.75, 3.05) is 0 Å². The number of aliphatic carboxylic acids is 1. The molecule has 1 fully saturated rings. The first-order chi connectivity index (χ1) is 11.4. The number of nitrogens with zero attached hydrogens (tertiary/aromatic N) is 1. The molecule has 0 saturated heterocycles. The zero-order valence-corrected chi connectivity index (χ0v) is 12.7. The van der Waals surface area contributed by atoms with Crippen LogP contribution >= 0.6 is 0 Å². The predicted octanol–water partition coefficient (Wildman–Crippen LogP) is 1.25. The lowest BCUT2D eigenvalue weighted by Crippen LogP contribution is -2.47. The SMILES string of the molecule is O=C(NNC(=O)[C@H]1CCCC[C@H]1C(=O)O)c1cccc([N+](=O)[O-])c1. The molecule has 0 unspecified atom stereocenters. The van der Waals surface area contributed by atoms with Gasteiger partial charge in [0.2, 0.25) is 5.91 Å². The van der Waals surface area contributed by atoms with E-state index in [4.69, 9.17) is 5.11 Å². The monoisotopic (exact) mass is 335 g/mol. The number of carbonyl (C=O) groups excluding carboxylic acids is 2. The van der Waals surface area contributed by atoms with Gasteiger partial charge < -0.3 is 5.11 Å². The number of nitrogens with one attached hydrogen (secondary N) is 2. The van der Waals surface area contributed by atoms with Gasteiger partial charge in [0, 0.05) is 17.7 Å². The van der Waals surface area contributed by atoms with Crippen molar-refractivity contribution in [2.24, 2.45) is 11.8 Å². The van der Waals surface area contributed by atoms with E-state index in [-0.39, 0.29) is 11.3 Å². The number of nitro benzene ring substituents is 1. The number of hydrogen-bond acceptors (Lipinski definition) is 5. The molecule has 24 heavy (non-hydrogen) atoms. The van der Waals surface area contributed by atoms with E-state index in [9.17, 15) is 24.5 Å². The molecule has 1 saturated carbocycles. The van der Waals surface area contributed by atoms with Crippen molar-refractivity contribution in [3.8, 4) is 0 Å². The molecule has 0 heterocycles. The van der Waals surface area contributed by atoms with Crippen molar-refractivity contribution in [3.63, 3.8) is 0 Å². The second-order valence-electron chi connectivity index (χ2n) is 5.59. The van der Waals surface area contributed by atoms with Gasteiger partial charge in [-0.2, -0.15) is 0 Å². The predicted molar refractivity (Wildman–Crippen MR) is 81.8 cm³/mol. The quantitative estimate of drug-likeness (QED) is 0.559. The Labute approximate surface area is 137 Å². The van der Waals surface area contributed by atoms with Gasteiger partial charge in [0.1, 0.15) is 0 Å². The van der Waals surface area contributed by atoms with Gasteiger partial charge in [-0.1, -0.05) is 18.9 Å². The second-order valence-corrected chi connectivity index (χ2v) is 5.59. The Kier molecular flexibility index (Phi) is 5.46. The van der Waals surface area contributed by atoms with E-state index in [1.165, 1.54) is 18.2 Å². The summed E-state index contributed by atoms with van der Waals surface area (Å²) in [5, 5.41) is 19.9. The fraction of sp³-hybridized carbons (Fsp3) is 0.400. The first-order valence-corrected chi connectivity index (χ1v) is 7.47. The zero-order valence-electron chi connectivity index (χ0n) is 12.7. The van der Waals surface area contributed by atoms with Crippen LogP contribution in [0.3, 0.4) is 0 Å². The Balaban J connectivity index is 1.98. The minimum atomic E-state index is -1.03. The summed E-state index contributed by atoms with van der Waals surface area (Å²) in [5.74, 6) is -3.79. The second kappa shape index (κ2) is 7.53. The molecule has 2 amide bonds. The van der Waals surface area contributed by atoms with Crippen molar-refractivity contribution < 1.29 is 24.4 Å². The highest BCUT2D eigenvalue weighted by atomic mass is 16.6. The molecule has 0 aromatic heterocycles. The van der Waals surface area contributed by atoms with Gasteiger partial charge in [0.05, 0.1) is 16.8 Å². The van der Waals surface area contributed by atoms with E-state index < -0.39 is 34.5 Å². The van der Waals surface area contributed by atoms with Gasteiger partial charge in [0.15, 0.2) is 0 Å². The molecular weight excluding hydrogens is 318 g/mol. The Morgan fingerprint density at radius 2 is 1.79 bits per heavy atom. The molecule has 0 aliphatic heterocycles. The van der Waals surface area contributed by atoms with Gasteiger partial charge in [-0.05, 0) is 18.9 Å². The lowest BCUT2D eigenvalue weighted by molar-refractivity contribution is -0.384. The molecule has 2 rings (SSSR count). The summed E-state index contributed by atoms with van der Waals surface area (Å²) in [7, 11) is 0. The highest BCUT2D eigenvalue weighted by molar-refractivity contribution is 5.96. The van der Waals surface area contributed by atoms with Gasteiger partial charge in [-0.3, -0.25) is 35.3 Å². The van der Waals surface area contributed by atoms with E-state index in [1.54, 1.807) is 0 Å². The normalized spacial score (nSPS) is 20.0. The number of non-ortho nitro benzene ring substituents is 1. The van der Waals surface area contributed by atoms with Gasteiger partial charge >= 0.3 is 5.97 Å². The average molecular weight is 335 g/mol. The van der Waals surface area contributed by atoms with E-state index in [0.29, 0.717) is 12.8 Å². The van der Waals surface area contributed by atoms with E-state index in [1.807, 2.05) is 0 Å². The maximum absolute atomic E-state index is 12.1. The van der Waals surface area contributed by atoms with Crippen LogP contribution in [0.5, 0.6) is 0 Å². The smallest absolute Gasteiger partial charge is 0.307 e. The number of carboxylic acids is 1. The number of carboxylic acid groups (broad SMARTS) is 1. The number of hydrogen-bond donors (Lipinski definition) is 3. The van der Waals surface area contributed by atoms with Gasteiger partial charge in [-0.15, -0.1) is 0 Å². The molecule has 0 bridgehead atoms. The van der Waals surface area contributed by atoms with Gasteiger partial charge in [0.25, 0.3) is 11.6 Å². The van der Waals surface area contributed by atoms with Crippen molar-refractivity contribution in [1.29, 1.82) is 0 Å². The van der Waals surface area contributed by atoms with Crippen LogP contribution < -0.4 is 10.9 Å². The van der Waals surface area contributed by atoms with Crippen LogP contribution in [0, 0.1) is 22.0 Å². The highest BCUT2D eigenvalue weighted by Gasteiger charge is 2.35. The minimum Gasteiger partial charge on any atom is -0.481 e. The summed E-state index contributed by atoms with van der Waals surface area (Å²) in [4.78, 5) is 45.3. The highest BCUT2D eigenvalue weighted by Crippen LogP contribution is 2.30. The molecule has 1 aliphatic carbocycles. The van der Waals surface area contributed by atoms with Gasteiger partial charge in [-0.25, -0.2) is 0 Å². The lowest BCUT2D eigenvalue weighted by Gasteiger charge is -2.27. The number of rotatable bonds is 4. The maximum Gasteiger partial charge on any atom is 0.307 e. The Hall–Kier alpha value is -2.97. The fourth-order valence-corrected chi connectivity index (χ4v) is 2.78. The van der Waals surface area contributed by atoms with E-state index in [2.05, 4.69) is 10.9 Å². The standard InChI is InChI=1S/C15H17N3O6/c19-13(9-4-3-5-10(8-9)18(23)24)16-17-14(20)11-6-1-2-7-12(11)15(21)22/h3-5,8,11-12H,1-2,6-7H2,(H,16,19)(H,17,20)(H,21,22)/t11-,12+/m0/s1.